The highest BCUT2D eigenvalue weighted by Crippen LogP contribution is 2.49. The number of ether oxygens (including phenoxy) is 2. The Bertz CT molecular complexity index is 1740. The average Bonchev–Trinajstić information content (AvgIpc) is 3.06. The minimum absolute atomic E-state index is 0.00893. The lowest BCUT2D eigenvalue weighted by molar-refractivity contribution is -0.138. The number of carbonyl (C=O) groups is 2. The van der Waals surface area contributed by atoms with Crippen molar-refractivity contribution in [2.75, 3.05) is 14.2 Å². The molecule has 0 fully saturated rings. The van der Waals surface area contributed by atoms with Gasteiger partial charge >= 0.3 is 20.2 Å². The lowest BCUT2D eigenvalue weighted by Crippen LogP contribution is -2.08. The number of phosphoric acid groups is 1. The first kappa shape index (κ1) is 37.0. The zero-order valence-corrected chi connectivity index (χ0v) is 26.8. The number of rotatable bonds is 14. The Morgan fingerprint density at radius 3 is 1.35 bits per heavy atom. The standard InChI is InChI=1S/C34H29F6O8P/c1-45-31-17-21(9-13-27(41)23-5-3-7-25(19-23)33(35,36)37)11-15-29(31)47-49(43,44)48-30-16-12-22(18-32(30)46-2)10-14-28(42)24-6-4-8-26(20-24)34(38,39)40/h3-8,11-12,15-20H,9-10,13-14H2,1-2H3,(H,43,44). The molecule has 0 aliphatic carbocycles. The van der Waals surface area contributed by atoms with Gasteiger partial charge in [-0.15, -0.1) is 0 Å². The first-order valence-electron chi connectivity index (χ1n) is 14.5. The van der Waals surface area contributed by atoms with Crippen molar-refractivity contribution >= 4 is 19.4 Å². The first-order valence-corrected chi connectivity index (χ1v) is 16.0. The van der Waals surface area contributed by atoms with E-state index in [9.17, 15) is 45.4 Å². The topological polar surface area (TPSA) is 108 Å². The summed E-state index contributed by atoms with van der Waals surface area (Å²) in [5, 5.41) is 0. The maximum absolute atomic E-state index is 13.0. The summed E-state index contributed by atoms with van der Waals surface area (Å²) in [6, 6.07) is 16.6. The van der Waals surface area contributed by atoms with Gasteiger partial charge in [0.2, 0.25) is 0 Å². The average molecular weight is 711 g/mol. The Balaban J connectivity index is 1.38. The number of hydrogen-bond donors (Lipinski definition) is 1. The van der Waals surface area contributed by atoms with Crippen molar-refractivity contribution in [3.8, 4) is 23.0 Å². The highest BCUT2D eigenvalue weighted by atomic mass is 31.2. The quantitative estimate of drug-likeness (QED) is 0.0786. The van der Waals surface area contributed by atoms with Crippen LogP contribution in [-0.4, -0.2) is 30.7 Å². The minimum atomic E-state index is -4.88. The van der Waals surface area contributed by atoms with Crippen LogP contribution in [0.1, 0.15) is 55.8 Å². The largest absolute Gasteiger partial charge is 0.585 e. The molecule has 0 radical (unpaired) electrons. The maximum Gasteiger partial charge on any atom is 0.585 e. The van der Waals surface area contributed by atoms with Gasteiger partial charge in [-0.05, 0) is 72.5 Å². The van der Waals surface area contributed by atoms with Gasteiger partial charge < -0.3 is 18.5 Å². The molecule has 8 nitrogen and oxygen atoms in total. The van der Waals surface area contributed by atoms with Crippen molar-refractivity contribution in [1.29, 1.82) is 0 Å². The fourth-order valence-electron chi connectivity index (χ4n) is 4.70. The van der Waals surface area contributed by atoms with Crippen LogP contribution < -0.4 is 18.5 Å². The van der Waals surface area contributed by atoms with Gasteiger partial charge in [-0.25, -0.2) is 4.57 Å². The van der Waals surface area contributed by atoms with Crippen LogP contribution >= 0.6 is 7.82 Å². The molecule has 0 aromatic heterocycles. The lowest BCUT2D eigenvalue weighted by Gasteiger charge is -2.18. The predicted molar refractivity (Wildman–Crippen MR) is 165 cm³/mol. The Hall–Kier alpha value is -4.81. The molecular weight excluding hydrogens is 681 g/mol. The molecule has 0 saturated carbocycles. The van der Waals surface area contributed by atoms with Crippen LogP contribution in [0, 0.1) is 0 Å². The van der Waals surface area contributed by atoms with Crippen molar-refractivity contribution < 1.29 is 63.9 Å². The molecule has 0 spiro atoms. The van der Waals surface area contributed by atoms with Gasteiger partial charge in [0, 0.05) is 24.0 Å². The fraction of sp³-hybridized carbons (Fsp3) is 0.235. The Morgan fingerprint density at radius 1 is 0.612 bits per heavy atom. The molecule has 0 heterocycles. The van der Waals surface area contributed by atoms with E-state index in [0.717, 1.165) is 36.4 Å². The number of methoxy groups -OCH3 is 2. The van der Waals surface area contributed by atoms with Gasteiger partial charge in [0.05, 0.1) is 25.3 Å². The monoisotopic (exact) mass is 710 g/mol. The third kappa shape index (κ3) is 10.1. The van der Waals surface area contributed by atoms with Crippen LogP contribution in [0.5, 0.6) is 23.0 Å². The molecule has 0 amide bonds. The van der Waals surface area contributed by atoms with Gasteiger partial charge in [0.25, 0.3) is 0 Å². The number of carbonyl (C=O) groups excluding carboxylic acids is 2. The number of aryl methyl sites for hydroxylation is 2. The van der Waals surface area contributed by atoms with Crippen molar-refractivity contribution in [3.05, 3.63) is 118 Å². The normalized spacial score (nSPS) is 11.9. The Morgan fingerprint density at radius 2 is 1.00 bits per heavy atom. The lowest BCUT2D eigenvalue weighted by atomic mass is 10.0. The number of hydrogen-bond acceptors (Lipinski definition) is 7. The molecule has 0 aliphatic heterocycles. The number of benzene rings is 4. The molecule has 49 heavy (non-hydrogen) atoms. The Kier molecular flexibility index (Phi) is 11.5. The van der Waals surface area contributed by atoms with Crippen LogP contribution in [0.15, 0.2) is 84.9 Å². The molecule has 1 N–H and O–H groups in total. The van der Waals surface area contributed by atoms with E-state index in [0.29, 0.717) is 11.1 Å². The summed E-state index contributed by atoms with van der Waals surface area (Å²) in [5.41, 5.74) is -0.993. The van der Waals surface area contributed by atoms with Crippen molar-refractivity contribution in [1.82, 2.24) is 0 Å². The molecule has 260 valence electrons. The highest BCUT2D eigenvalue weighted by molar-refractivity contribution is 7.48. The minimum Gasteiger partial charge on any atom is -0.493 e. The molecule has 0 aliphatic rings. The Labute approximate surface area is 276 Å². The zero-order chi connectivity index (χ0) is 36.0. The summed E-state index contributed by atoms with van der Waals surface area (Å²) in [7, 11) is -2.35. The molecular formula is C34H29F6O8P. The third-order valence-electron chi connectivity index (χ3n) is 7.19. The summed E-state index contributed by atoms with van der Waals surface area (Å²) in [6.45, 7) is 0. The van der Waals surface area contributed by atoms with E-state index in [-0.39, 0.29) is 59.8 Å². The molecule has 0 unspecified atom stereocenters. The smallest absolute Gasteiger partial charge is 0.493 e. The SMILES string of the molecule is COc1cc(CCC(=O)c2cccc(C(F)(F)F)c2)ccc1OP(=O)(O)Oc1ccc(CCC(=O)c2cccc(C(F)(F)F)c2)cc1OC. The highest BCUT2D eigenvalue weighted by Gasteiger charge is 2.32. The molecule has 4 aromatic rings. The summed E-state index contributed by atoms with van der Waals surface area (Å²) in [4.78, 5) is 35.6. The summed E-state index contributed by atoms with van der Waals surface area (Å²) >= 11 is 0. The number of phosphoric ester groups is 1. The number of alkyl halides is 6. The molecule has 0 bridgehead atoms. The second kappa shape index (κ2) is 15.2. The second-order valence-electron chi connectivity index (χ2n) is 10.6. The van der Waals surface area contributed by atoms with Gasteiger partial charge in [0.15, 0.2) is 34.6 Å². The predicted octanol–water partition coefficient (Wildman–Crippen LogP) is 8.93. The second-order valence-corrected chi connectivity index (χ2v) is 11.9. The summed E-state index contributed by atoms with van der Waals surface area (Å²) < 4.78 is 112. The van der Waals surface area contributed by atoms with E-state index in [1.165, 1.54) is 62.8 Å². The van der Waals surface area contributed by atoms with Crippen molar-refractivity contribution in [2.24, 2.45) is 0 Å². The summed E-state index contributed by atoms with van der Waals surface area (Å²) in [6.07, 6.45) is -9.19. The van der Waals surface area contributed by atoms with E-state index < -0.39 is 42.9 Å². The van der Waals surface area contributed by atoms with Gasteiger partial charge in [-0.2, -0.15) is 26.3 Å². The van der Waals surface area contributed by atoms with E-state index in [2.05, 4.69) is 0 Å². The maximum atomic E-state index is 13.0. The van der Waals surface area contributed by atoms with Crippen molar-refractivity contribution in [3.63, 3.8) is 0 Å². The fourth-order valence-corrected chi connectivity index (χ4v) is 5.53. The van der Waals surface area contributed by atoms with E-state index in [4.69, 9.17) is 18.5 Å². The molecule has 4 rings (SSSR count). The van der Waals surface area contributed by atoms with Crippen LogP contribution in [-0.2, 0) is 29.8 Å². The van der Waals surface area contributed by atoms with E-state index in [1.54, 1.807) is 0 Å². The van der Waals surface area contributed by atoms with Crippen molar-refractivity contribution in [2.45, 2.75) is 38.0 Å². The number of halogens is 6. The van der Waals surface area contributed by atoms with Crippen LogP contribution in [0.25, 0.3) is 0 Å². The van der Waals surface area contributed by atoms with Crippen LogP contribution in [0.4, 0.5) is 26.3 Å². The van der Waals surface area contributed by atoms with Gasteiger partial charge in [-0.1, -0.05) is 36.4 Å². The molecule has 0 saturated heterocycles. The molecule has 0 atom stereocenters. The van der Waals surface area contributed by atoms with E-state index >= 15 is 0 Å². The summed E-state index contributed by atoms with van der Waals surface area (Å²) in [5.74, 6) is -1.39. The van der Waals surface area contributed by atoms with Crippen LogP contribution in [0.2, 0.25) is 0 Å². The first-order chi connectivity index (χ1) is 23.0. The zero-order valence-electron chi connectivity index (χ0n) is 25.9. The van der Waals surface area contributed by atoms with Gasteiger partial charge in [-0.3, -0.25) is 14.5 Å². The van der Waals surface area contributed by atoms with Crippen LogP contribution in [0.3, 0.4) is 0 Å². The molecule has 4 aromatic carbocycles. The van der Waals surface area contributed by atoms with E-state index in [1.807, 2.05) is 0 Å². The number of Topliss-reactive ketones (excluding diaryl/α,β-unsaturated/α-hetero) is 2. The third-order valence-corrected chi connectivity index (χ3v) is 8.04. The number of ketones is 2. The molecule has 15 heteroatoms. The van der Waals surface area contributed by atoms with Gasteiger partial charge in [0.1, 0.15) is 0 Å².